The molecule has 34 heavy (non-hydrogen) atoms. The highest BCUT2D eigenvalue weighted by atomic mass is 32.2. The number of anilines is 2. The van der Waals surface area contributed by atoms with E-state index in [1.54, 1.807) is 12.1 Å². The van der Waals surface area contributed by atoms with Crippen molar-refractivity contribution in [1.29, 1.82) is 4.78 Å². The number of pyridine rings is 2. The van der Waals surface area contributed by atoms with Crippen molar-refractivity contribution in [1.82, 2.24) is 9.97 Å². The number of hydrogen-bond acceptors (Lipinski definition) is 7. The van der Waals surface area contributed by atoms with E-state index >= 15 is 0 Å². The van der Waals surface area contributed by atoms with Gasteiger partial charge in [0.2, 0.25) is 5.88 Å². The van der Waals surface area contributed by atoms with Crippen molar-refractivity contribution in [3.8, 4) is 22.8 Å². The van der Waals surface area contributed by atoms with Gasteiger partial charge in [-0.1, -0.05) is 0 Å². The fraction of sp³-hybridized carbons (Fsp3) is 0.333. The highest BCUT2D eigenvalue weighted by molar-refractivity contribution is 7.90. The van der Waals surface area contributed by atoms with Crippen LogP contribution in [-0.4, -0.2) is 33.1 Å². The van der Waals surface area contributed by atoms with E-state index in [4.69, 9.17) is 14.3 Å². The summed E-state index contributed by atoms with van der Waals surface area (Å²) in [6, 6.07) is 8.82. The Morgan fingerprint density at radius 1 is 1.15 bits per heavy atom. The maximum atomic E-state index is 14.8. The summed E-state index contributed by atoms with van der Waals surface area (Å²) in [4.78, 5) is 8.58. The molecule has 2 aromatic heterocycles. The molecule has 0 saturated heterocycles. The lowest BCUT2D eigenvalue weighted by Crippen LogP contribution is -2.14. The maximum absolute atomic E-state index is 14.8. The molecule has 0 spiro atoms. The minimum atomic E-state index is -2.80. The first-order valence-electron chi connectivity index (χ1n) is 10.9. The van der Waals surface area contributed by atoms with Crippen molar-refractivity contribution in [2.24, 2.45) is 0 Å². The van der Waals surface area contributed by atoms with E-state index in [0.717, 1.165) is 19.0 Å². The van der Waals surface area contributed by atoms with Crippen molar-refractivity contribution >= 4 is 21.4 Å². The molecular formula is C24H26F2N4O3S. The van der Waals surface area contributed by atoms with Gasteiger partial charge in [0, 0.05) is 39.2 Å². The summed E-state index contributed by atoms with van der Waals surface area (Å²) < 4.78 is 60.4. The second-order valence-electron chi connectivity index (χ2n) is 8.44. The Morgan fingerprint density at radius 3 is 2.76 bits per heavy atom. The summed E-state index contributed by atoms with van der Waals surface area (Å²) in [7, 11) is -2.80. The molecular weight excluding hydrogens is 462 g/mol. The van der Waals surface area contributed by atoms with E-state index < -0.39 is 21.4 Å². The molecule has 0 radical (unpaired) electrons. The topological polar surface area (TPSA) is 97.2 Å². The largest absolute Gasteiger partial charge is 0.493 e. The first-order chi connectivity index (χ1) is 16.2. The number of benzene rings is 1. The van der Waals surface area contributed by atoms with Gasteiger partial charge in [-0.05, 0) is 56.0 Å². The van der Waals surface area contributed by atoms with Crippen LogP contribution in [0, 0.1) is 16.4 Å². The third-order valence-electron chi connectivity index (χ3n) is 5.23. The average molecular weight is 489 g/mol. The lowest BCUT2D eigenvalue weighted by atomic mass is 10.0. The molecule has 0 aliphatic carbocycles. The number of hydrogen-bond donors (Lipinski definition) is 2. The van der Waals surface area contributed by atoms with Gasteiger partial charge in [-0.2, -0.15) is 4.98 Å². The first kappa shape index (κ1) is 23.9. The molecule has 180 valence electrons. The number of nitrogens with zero attached hydrogens (tertiary/aromatic N) is 2. The highest BCUT2D eigenvalue weighted by Crippen LogP contribution is 2.34. The number of fused-ring (bicyclic) bond motifs is 6. The number of rotatable bonds is 2. The molecule has 0 fully saturated rings. The van der Waals surface area contributed by atoms with Gasteiger partial charge in [0.1, 0.15) is 29.0 Å². The second-order valence-corrected chi connectivity index (χ2v) is 10.7. The van der Waals surface area contributed by atoms with Crippen LogP contribution in [-0.2, 0) is 15.5 Å². The van der Waals surface area contributed by atoms with Crippen molar-refractivity contribution in [2.45, 2.75) is 38.0 Å². The second kappa shape index (κ2) is 9.92. The molecule has 4 bridgehead atoms. The highest BCUT2D eigenvalue weighted by Gasteiger charge is 2.16. The summed E-state index contributed by atoms with van der Waals surface area (Å²) in [6.07, 6.45) is 4.51. The number of ether oxygens (including phenoxy) is 2. The van der Waals surface area contributed by atoms with Gasteiger partial charge in [0.05, 0.1) is 24.7 Å². The van der Waals surface area contributed by atoms with Gasteiger partial charge in [-0.25, -0.2) is 18.0 Å². The zero-order valence-corrected chi connectivity index (χ0v) is 19.8. The Morgan fingerprint density at radius 2 is 1.97 bits per heavy atom. The standard InChI is InChI=1S/C24H26F2N4O3S/c1-15-5-3-4-8-32-21-11-17(25)6-7-18(21)19-12-22(28-13-20(19)26)29-23-9-16(14-34(2,27)31)10-24(30-23)33-15/h6-7,9-13,15,27H,3-5,8,14H2,1-2H3,(H,28,29,30)/t15-,34?/m1/s1. The molecule has 1 aliphatic rings. The molecule has 1 aliphatic heterocycles. The van der Waals surface area contributed by atoms with Gasteiger partial charge in [-0.3, -0.25) is 4.78 Å². The van der Waals surface area contributed by atoms with Gasteiger partial charge in [0.15, 0.2) is 0 Å². The smallest absolute Gasteiger partial charge is 0.215 e. The average Bonchev–Trinajstić information content (AvgIpc) is 2.73. The molecule has 0 amide bonds. The zero-order chi connectivity index (χ0) is 24.3. The van der Waals surface area contributed by atoms with Crippen LogP contribution >= 0.6 is 0 Å². The first-order valence-corrected chi connectivity index (χ1v) is 13.0. The molecule has 1 unspecified atom stereocenters. The summed E-state index contributed by atoms with van der Waals surface area (Å²) in [5, 5.41) is 3.04. The van der Waals surface area contributed by atoms with Gasteiger partial charge in [0.25, 0.3) is 0 Å². The summed E-state index contributed by atoms with van der Waals surface area (Å²) in [6.45, 7) is 2.27. The van der Waals surface area contributed by atoms with E-state index in [9.17, 15) is 13.0 Å². The Hall–Kier alpha value is -3.27. The van der Waals surface area contributed by atoms with Crippen molar-refractivity contribution in [3.05, 3.63) is 59.8 Å². The molecule has 10 heteroatoms. The summed E-state index contributed by atoms with van der Waals surface area (Å²) in [5.74, 6) is 0.223. The maximum Gasteiger partial charge on any atom is 0.215 e. The predicted octanol–water partition coefficient (Wildman–Crippen LogP) is 5.67. The summed E-state index contributed by atoms with van der Waals surface area (Å²) >= 11 is 0. The van der Waals surface area contributed by atoms with Crippen LogP contribution < -0.4 is 14.8 Å². The summed E-state index contributed by atoms with van der Waals surface area (Å²) in [5.41, 5.74) is 1.24. The molecule has 2 N–H and O–H groups in total. The SMILES string of the molecule is C[C@@H]1CCCCOc2cc(F)ccc2-c2cc(ncc2F)Nc2cc(CS(C)(=N)=O)cc(n2)O1. The predicted molar refractivity (Wildman–Crippen MR) is 127 cm³/mol. The third-order valence-corrected chi connectivity index (χ3v) is 6.12. The molecule has 3 aromatic rings. The Labute approximate surface area is 197 Å². The van der Waals surface area contributed by atoms with E-state index in [0.29, 0.717) is 41.7 Å². The fourth-order valence-corrected chi connectivity index (χ4v) is 4.55. The third kappa shape index (κ3) is 6.19. The number of aromatic nitrogens is 2. The van der Waals surface area contributed by atoms with E-state index in [-0.39, 0.29) is 23.2 Å². The van der Waals surface area contributed by atoms with Crippen LogP contribution in [0.3, 0.4) is 0 Å². The molecule has 1 aromatic carbocycles. The number of nitrogens with one attached hydrogen (secondary N) is 2. The lowest BCUT2D eigenvalue weighted by molar-refractivity contribution is 0.194. The van der Waals surface area contributed by atoms with Crippen LogP contribution in [0.15, 0.2) is 42.6 Å². The molecule has 4 rings (SSSR count). The Kier molecular flexibility index (Phi) is 6.97. The van der Waals surface area contributed by atoms with Crippen LogP contribution in [0.25, 0.3) is 11.1 Å². The number of halogens is 2. The minimum absolute atomic E-state index is 0.0350. The van der Waals surface area contributed by atoms with Crippen molar-refractivity contribution in [3.63, 3.8) is 0 Å². The van der Waals surface area contributed by atoms with Gasteiger partial charge >= 0.3 is 0 Å². The van der Waals surface area contributed by atoms with Crippen molar-refractivity contribution in [2.75, 3.05) is 18.2 Å². The minimum Gasteiger partial charge on any atom is -0.493 e. The molecule has 0 saturated carbocycles. The quantitative estimate of drug-likeness (QED) is 0.482. The monoisotopic (exact) mass is 488 g/mol. The fourth-order valence-electron chi connectivity index (χ4n) is 3.75. The zero-order valence-electron chi connectivity index (χ0n) is 18.9. The normalized spacial score (nSPS) is 17.9. The van der Waals surface area contributed by atoms with Crippen molar-refractivity contribution < 1.29 is 22.5 Å². The van der Waals surface area contributed by atoms with Gasteiger partial charge in [-0.15, -0.1) is 0 Å². The lowest BCUT2D eigenvalue weighted by Gasteiger charge is -2.18. The Balaban J connectivity index is 1.79. The molecule has 3 heterocycles. The van der Waals surface area contributed by atoms with Crippen LogP contribution in [0.1, 0.15) is 31.7 Å². The molecule has 2 atom stereocenters. The van der Waals surface area contributed by atoms with E-state index in [2.05, 4.69) is 15.3 Å². The van der Waals surface area contributed by atoms with Gasteiger partial charge < -0.3 is 14.8 Å². The molecule has 7 nitrogen and oxygen atoms in total. The van der Waals surface area contributed by atoms with Crippen LogP contribution in [0.4, 0.5) is 20.4 Å². The van der Waals surface area contributed by atoms with E-state index in [1.165, 1.54) is 30.5 Å². The van der Waals surface area contributed by atoms with E-state index in [1.807, 2.05) is 6.92 Å². The van der Waals surface area contributed by atoms with Crippen LogP contribution in [0.5, 0.6) is 11.6 Å². The Bertz CT molecular complexity index is 1300. The van der Waals surface area contributed by atoms with Crippen LogP contribution in [0.2, 0.25) is 0 Å².